The van der Waals surface area contributed by atoms with Gasteiger partial charge in [-0.15, -0.1) is 0 Å². The lowest BCUT2D eigenvalue weighted by Gasteiger charge is -2.37. The molecule has 0 aromatic carbocycles. The fraction of sp³-hybridized carbons (Fsp3) is 0.857. The van der Waals surface area contributed by atoms with Crippen molar-refractivity contribution in [2.24, 2.45) is 5.41 Å². The van der Waals surface area contributed by atoms with E-state index in [1.165, 1.54) is 12.8 Å². The maximum Gasteiger partial charge on any atom is 0.227 e. The number of rotatable bonds is 2. The van der Waals surface area contributed by atoms with Crippen molar-refractivity contribution in [1.82, 2.24) is 15.0 Å². The molecule has 0 radical (unpaired) electrons. The molecule has 0 spiro atoms. The van der Waals surface area contributed by atoms with Crippen molar-refractivity contribution in [2.75, 3.05) is 0 Å². The van der Waals surface area contributed by atoms with Crippen molar-refractivity contribution in [3.05, 3.63) is 11.7 Å². The smallest absolute Gasteiger partial charge is 0.227 e. The summed E-state index contributed by atoms with van der Waals surface area (Å²) in [6.45, 7) is 11.2. The first-order valence-electron chi connectivity index (χ1n) is 6.89. The Kier molecular flexibility index (Phi) is 2.40. The zero-order valence-corrected chi connectivity index (χ0v) is 12.0. The largest absolute Gasteiger partial charge is 0.339 e. The van der Waals surface area contributed by atoms with Crippen molar-refractivity contribution in [1.29, 1.82) is 0 Å². The maximum atomic E-state index is 5.29. The average Bonchev–Trinajstić information content (AvgIpc) is 2.59. The van der Waals surface area contributed by atoms with Crippen molar-refractivity contribution in [3.63, 3.8) is 0 Å². The highest BCUT2D eigenvalue weighted by molar-refractivity contribution is 5.20. The van der Waals surface area contributed by atoms with Crippen LogP contribution in [0.2, 0.25) is 0 Å². The fourth-order valence-electron chi connectivity index (χ4n) is 4.04. The van der Waals surface area contributed by atoms with E-state index in [9.17, 15) is 0 Å². The quantitative estimate of drug-likeness (QED) is 0.808. The number of likely N-dealkylation sites (tertiary alicyclic amines) is 1. The van der Waals surface area contributed by atoms with Gasteiger partial charge in [-0.25, -0.2) is 0 Å². The normalized spacial score (nSPS) is 35.8. The molecule has 0 N–H and O–H groups in total. The molecule has 4 heteroatoms. The zero-order chi connectivity index (χ0) is 13.1. The Morgan fingerprint density at radius 2 is 2.11 bits per heavy atom. The molecular weight excluding hydrogens is 226 g/mol. The number of hydrogen-bond donors (Lipinski definition) is 0. The Hall–Kier alpha value is -0.900. The van der Waals surface area contributed by atoms with Crippen LogP contribution in [-0.4, -0.2) is 32.7 Å². The van der Waals surface area contributed by atoms with Gasteiger partial charge in [0.05, 0.1) is 0 Å². The van der Waals surface area contributed by atoms with Crippen LogP contribution in [0, 0.1) is 12.3 Å². The van der Waals surface area contributed by atoms with Gasteiger partial charge in [0, 0.05) is 24.0 Å². The number of nitrogens with zero attached hydrogens (tertiary/aromatic N) is 3. The maximum absolute atomic E-state index is 5.29. The van der Waals surface area contributed by atoms with E-state index in [4.69, 9.17) is 4.52 Å². The summed E-state index contributed by atoms with van der Waals surface area (Å²) in [7, 11) is 0. The van der Waals surface area contributed by atoms with Crippen LogP contribution < -0.4 is 0 Å². The van der Waals surface area contributed by atoms with Gasteiger partial charge in [-0.05, 0) is 52.9 Å². The van der Waals surface area contributed by atoms with Gasteiger partial charge in [-0.2, -0.15) is 4.98 Å². The second-order valence-electron chi connectivity index (χ2n) is 7.13. The van der Waals surface area contributed by atoms with Gasteiger partial charge in [0.15, 0.2) is 5.82 Å². The first kappa shape index (κ1) is 12.2. The number of piperidine rings is 1. The summed E-state index contributed by atoms with van der Waals surface area (Å²) < 4.78 is 5.29. The second-order valence-corrected chi connectivity index (χ2v) is 7.13. The standard InChI is InChI=1S/C14H23N3O/c1-9-6-14(8-12-15-10(2)16-18-12)7-11(14)17(9)13(3,4)5/h9,11H,6-8H2,1-5H3/t9-,11-,14+/m1/s1. The summed E-state index contributed by atoms with van der Waals surface area (Å²) in [5, 5.41) is 3.90. The van der Waals surface area contributed by atoms with Gasteiger partial charge in [0.1, 0.15) is 0 Å². The molecule has 2 heterocycles. The van der Waals surface area contributed by atoms with Crippen LogP contribution in [0.4, 0.5) is 0 Å². The lowest BCUT2D eigenvalue weighted by Crippen LogP contribution is -2.45. The van der Waals surface area contributed by atoms with E-state index in [0.717, 1.165) is 18.1 Å². The highest BCUT2D eigenvalue weighted by Crippen LogP contribution is 2.62. The molecule has 4 nitrogen and oxygen atoms in total. The van der Waals surface area contributed by atoms with Crippen LogP contribution in [0.1, 0.15) is 52.3 Å². The summed E-state index contributed by atoms with van der Waals surface area (Å²) >= 11 is 0. The fourth-order valence-corrected chi connectivity index (χ4v) is 4.04. The SMILES string of the molecule is Cc1noc(C[C@@]23C[C@@H](C)N(C(C)(C)C)[C@@H]2C3)n1. The van der Waals surface area contributed by atoms with Crippen molar-refractivity contribution in [3.8, 4) is 0 Å². The Labute approximate surface area is 109 Å². The predicted molar refractivity (Wildman–Crippen MR) is 69.2 cm³/mol. The number of aryl methyl sites for hydroxylation is 1. The minimum atomic E-state index is 0.257. The first-order valence-corrected chi connectivity index (χ1v) is 6.89. The van der Waals surface area contributed by atoms with Crippen LogP contribution in [0.15, 0.2) is 4.52 Å². The summed E-state index contributed by atoms with van der Waals surface area (Å²) in [6.07, 6.45) is 3.50. The average molecular weight is 249 g/mol. The highest BCUT2D eigenvalue weighted by Gasteiger charge is 2.65. The summed E-state index contributed by atoms with van der Waals surface area (Å²) in [5.41, 5.74) is 0.665. The number of aromatic nitrogens is 2. The van der Waals surface area contributed by atoms with Crippen LogP contribution in [-0.2, 0) is 6.42 Å². The summed E-state index contributed by atoms with van der Waals surface area (Å²) in [5.74, 6) is 1.57. The number of hydrogen-bond acceptors (Lipinski definition) is 4. The second kappa shape index (κ2) is 3.56. The monoisotopic (exact) mass is 249 g/mol. The molecule has 2 aliphatic rings. The molecule has 1 saturated carbocycles. The molecule has 1 aromatic heterocycles. The van der Waals surface area contributed by atoms with E-state index in [1.807, 2.05) is 6.92 Å². The molecular formula is C14H23N3O. The van der Waals surface area contributed by atoms with Crippen molar-refractivity contribution in [2.45, 2.75) is 71.5 Å². The molecule has 0 unspecified atom stereocenters. The third kappa shape index (κ3) is 1.78. The molecule has 3 rings (SSSR count). The van der Waals surface area contributed by atoms with Crippen LogP contribution in [0.3, 0.4) is 0 Å². The lowest BCUT2D eigenvalue weighted by atomic mass is 9.96. The van der Waals surface area contributed by atoms with E-state index in [1.54, 1.807) is 0 Å². The van der Waals surface area contributed by atoms with Crippen molar-refractivity contribution >= 4 is 0 Å². The molecule has 2 fully saturated rings. The Morgan fingerprint density at radius 3 is 2.61 bits per heavy atom. The lowest BCUT2D eigenvalue weighted by molar-refractivity contribution is 0.104. The van der Waals surface area contributed by atoms with Crippen LogP contribution in [0.25, 0.3) is 0 Å². The van der Waals surface area contributed by atoms with E-state index < -0.39 is 0 Å². The van der Waals surface area contributed by atoms with Gasteiger partial charge < -0.3 is 4.52 Å². The Balaban J connectivity index is 1.77. The van der Waals surface area contributed by atoms with E-state index in [-0.39, 0.29) is 5.54 Å². The molecule has 1 saturated heterocycles. The van der Waals surface area contributed by atoms with E-state index >= 15 is 0 Å². The van der Waals surface area contributed by atoms with Crippen LogP contribution in [0.5, 0.6) is 0 Å². The first-order chi connectivity index (χ1) is 8.32. The van der Waals surface area contributed by atoms with E-state index in [0.29, 0.717) is 17.5 Å². The summed E-state index contributed by atoms with van der Waals surface area (Å²) in [4.78, 5) is 7.04. The molecule has 1 aliphatic carbocycles. The topological polar surface area (TPSA) is 42.2 Å². The third-order valence-electron chi connectivity index (χ3n) is 4.51. The third-order valence-corrected chi connectivity index (χ3v) is 4.51. The number of fused-ring (bicyclic) bond motifs is 1. The molecule has 0 amide bonds. The molecule has 1 aromatic rings. The summed E-state index contributed by atoms with van der Waals surface area (Å²) in [6, 6.07) is 1.37. The van der Waals surface area contributed by atoms with Crippen LogP contribution >= 0.6 is 0 Å². The Bertz CT molecular complexity index is 462. The minimum Gasteiger partial charge on any atom is -0.339 e. The molecule has 100 valence electrons. The Morgan fingerprint density at radius 1 is 1.39 bits per heavy atom. The van der Waals surface area contributed by atoms with Gasteiger partial charge in [0.2, 0.25) is 5.89 Å². The zero-order valence-electron chi connectivity index (χ0n) is 12.0. The molecule has 18 heavy (non-hydrogen) atoms. The molecule has 3 atom stereocenters. The predicted octanol–water partition coefficient (Wildman–Crippen LogP) is 2.57. The molecule has 0 bridgehead atoms. The van der Waals surface area contributed by atoms with Gasteiger partial charge in [0.25, 0.3) is 0 Å². The van der Waals surface area contributed by atoms with Crippen molar-refractivity contribution < 1.29 is 4.52 Å². The van der Waals surface area contributed by atoms with E-state index in [2.05, 4.69) is 42.7 Å². The minimum absolute atomic E-state index is 0.257. The molecule has 1 aliphatic heterocycles. The van der Waals surface area contributed by atoms with Gasteiger partial charge in [-0.3, -0.25) is 4.90 Å². The van der Waals surface area contributed by atoms with Gasteiger partial charge in [-0.1, -0.05) is 5.16 Å². The highest BCUT2D eigenvalue weighted by atomic mass is 16.5. The van der Waals surface area contributed by atoms with Gasteiger partial charge >= 0.3 is 0 Å².